The van der Waals surface area contributed by atoms with E-state index in [9.17, 15) is 9.90 Å². The zero-order chi connectivity index (χ0) is 13.3. The van der Waals surface area contributed by atoms with Gasteiger partial charge in [-0.1, -0.05) is 0 Å². The molecule has 1 fully saturated rings. The Morgan fingerprint density at radius 2 is 2.17 bits per heavy atom. The van der Waals surface area contributed by atoms with Crippen molar-refractivity contribution in [2.75, 3.05) is 13.1 Å². The first-order chi connectivity index (χ1) is 8.44. The summed E-state index contributed by atoms with van der Waals surface area (Å²) in [5.41, 5.74) is 1.21. The van der Waals surface area contributed by atoms with E-state index in [-0.39, 0.29) is 6.04 Å². The van der Waals surface area contributed by atoms with E-state index in [1.54, 1.807) is 12.4 Å². The molecule has 5 heteroatoms. The number of carboxylic acid groups (broad SMARTS) is 1. The minimum atomic E-state index is -0.715. The van der Waals surface area contributed by atoms with Crippen molar-refractivity contribution in [3.63, 3.8) is 0 Å². The van der Waals surface area contributed by atoms with Crippen LogP contribution in [0.3, 0.4) is 0 Å². The fourth-order valence-electron chi connectivity index (χ4n) is 2.50. The molecule has 0 amide bonds. The number of rotatable bonds is 3. The van der Waals surface area contributed by atoms with Crippen LogP contribution in [0.25, 0.3) is 0 Å². The smallest absolute Gasteiger partial charge is 0.310 e. The van der Waals surface area contributed by atoms with E-state index in [2.05, 4.69) is 21.8 Å². The molecule has 5 nitrogen and oxygen atoms in total. The van der Waals surface area contributed by atoms with Gasteiger partial charge in [-0.3, -0.25) is 19.7 Å². The van der Waals surface area contributed by atoms with Crippen molar-refractivity contribution in [2.24, 2.45) is 5.41 Å². The number of aliphatic carboxylic acids is 1. The number of hydrogen-bond acceptors (Lipinski definition) is 4. The Morgan fingerprint density at radius 3 is 2.72 bits per heavy atom. The number of hydrogen-bond donors (Lipinski definition) is 1. The number of nitrogens with zero attached hydrogens (tertiary/aromatic N) is 3. The molecule has 2 atom stereocenters. The van der Waals surface area contributed by atoms with Crippen molar-refractivity contribution in [2.45, 2.75) is 33.2 Å². The van der Waals surface area contributed by atoms with Crippen LogP contribution in [0, 0.1) is 12.3 Å². The van der Waals surface area contributed by atoms with Crippen LogP contribution < -0.4 is 0 Å². The molecule has 0 bridgehead atoms. The highest BCUT2D eigenvalue weighted by atomic mass is 16.4. The molecular formula is C13H19N3O2. The lowest BCUT2D eigenvalue weighted by Crippen LogP contribution is -2.33. The standard InChI is InChI=1S/C13H19N3O2/c1-9-11(15-6-5-14-9)10(2)16-7-4-13(3,8-16)12(17)18/h5-6,10H,4,7-8H2,1-3H3,(H,17,18). The zero-order valence-electron chi connectivity index (χ0n) is 11.1. The molecule has 98 valence electrons. The first-order valence-electron chi connectivity index (χ1n) is 6.19. The second-order valence-corrected chi connectivity index (χ2v) is 5.29. The molecule has 2 rings (SSSR count). The predicted octanol–water partition coefficient (Wildman–Crippen LogP) is 1.64. The van der Waals surface area contributed by atoms with Gasteiger partial charge in [0.1, 0.15) is 0 Å². The molecular weight excluding hydrogens is 230 g/mol. The van der Waals surface area contributed by atoms with Crippen molar-refractivity contribution >= 4 is 5.97 Å². The average molecular weight is 249 g/mol. The van der Waals surface area contributed by atoms with E-state index in [0.717, 1.165) is 17.9 Å². The first-order valence-corrected chi connectivity index (χ1v) is 6.19. The summed E-state index contributed by atoms with van der Waals surface area (Å²) in [4.78, 5) is 22.0. The van der Waals surface area contributed by atoms with Crippen molar-refractivity contribution < 1.29 is 9.90 Å². The summed E-state index contributed by atoms with van der Waals surface area (Å²) in [5.74, 6) is -0.715. The van der Waals surface area contributed by atoms with Crippen LogP contribution >= 0.6 is 0 Å². The van der Waals surface area contributed by atoms with E-state index in [1.807, 2.05) is 13.8 Å². The number of carbonyl (C=O) groups is 1. The molecule has 1 saturated heterocycles. The van der Waals surface area contributed by atoms with Gasteiger partial charge in [0.15, 0.2) is 0 Å². The molecule has 1 aliphatic heterocycles. The van der Waals surface area contributed by atoms with Gasteiger partial charge >= 0.3 is 5.97 Å². The Bertz CT molecular complexity index is 463. The Hall–Kier alpha value is -1.49. The van der Waals surface area contributed by atoms with E-state index < -0.39 is 11.4 Å². The lowest BCUT2D eigenvalue weighted by molar-refractivity contribution is -0.147. The van der Waals surface area contributed by atoms with Crippen molar-refractivity contribution in [1.29, 1.82) is 0 Å². The number of likely N-dealkylation sites (tertiary alicyclic amines) is 1. The minimum absolute atomic E-state index is 0.111. The summed E-state index contributed by atoms with van der Waals surface area (Å²) in [6.07, 6.45) is 4.05. The maximum absolute atomic E-state index is 11.2. The normalized spacial score (nSPS) is 26.2. The molecule has 18 heavy (non-hydrogen) atoms. The minimum Gasteiger partial charge on any atom is -0.481 e. The Morgan fingerprint density at radius 1 is 1.50 bits per heavy atom. The number of aromatic nitrogens is 2. The average Bonchev–Trinajstić information content (AvgIpc) is 2.73. The molecule has 0 spiro atoms. The van der Waals surface area contributed by atoms with Crippen molar-refractivity contribution in [3.05, 3.63) is 23.8 Å². The van der Waals surface area contributed by atoms with Gasteiger partial charge in [-0.05, 0) is 33.7 Å². The third-order valence-corrected chi connectivity index (χ3v) is 3.88. The van der Waals surface area contributed by atoms with Crippen LogP contribution in [0.5, 0.6) is 0 Å². The van der Waals surface area contributed by atoms with Gasteiger partial charge in [0, 0.05) is 18.9 Å². The molecule has 2 unspecified atom stereocenters. The molecule has 0 saturated carbocycles. The fraction of sp³-hybridized carbons (Fsp3) is 0.615. The molecule has 1 aromatic heterocycles. The van der Waals surface area contributed by atoms with Crippen LogP contribution in [-0.4, -0.2) is 39.0 Å². The van der Waals surface area contributed by atoms with Crippen molar-refractivity contribution in [1.82, 2.24) is 14.9 Å². The summed E-state index contributed by atoms with van der Waals surface area (Å²) in [7, 11) is 0. The van der Waals surface area contributed by atoms with Crippen LogP contribution in [0.15, 0.2) is 12.4 Å². The third kappa shape index (κ3) is 2.22. The molecule has 2 heterocycles. The Balaban J connectivity index is 2.15. The summed E-state index contributed by atoms with van der Waals surface area (Å²) >= 11 is 0. The summed E-state index contributed by atoms with van der Waals surface area (Å²) < 4.78 is 0. The predicted molar refractivity (Wildman–Crippen MR) is 67.1 cm³/mol. The van der Waals surface area contributed by atoms with Gasteiger partial charge in [0.2, 0.25) is 0 Å². The SMILES string of the molecule is Cc1nccnc1C(C)N1CCC(C)(C(=O)O)C1. The topological polar surface area (TPSA) is 66.3 Å². The summed E-state index contributed by atoms with van der Waals surface area (Å²) in [6, 6.07) is 0.111. The lowest BCUT2D eigenvalue weighted by atomic mass is 9.90. The van der Waals surface area contributed by atoms with Gasteiger partial charge in [-0.2, -0.15) is 0 Å². The second-order valence-electron chi connectivity index (χ2n) is 5.29. The van der Waals surface area contributed by atoms with E-state index in [0.29, 0.717) is 13.0 Å². The second kappa shape index (κ2) is 4.65. The molecule has 0 aromatic carbocycles. The van der Waals surface area contributed by atoms with E-state index >= 15 is 0 Å². The highest BCUT2D eigenvalue weighted by Crippen LogP contribution is 2.35. The molecule has 0 radical (unpaired) electrons. The van der Waals surface area contributed by atoms with Gasteiger partial charge in [0.25, 0.3) is 0 Å². The maximum atomic E-state index is 11.2. The van der Waals surface area contributed by atoms with Gasteiger partial charge in [-0.25, -0.2) is 0 Å². The third-order valence-electron chi connectivity index (χ3n) is 3.88. The zero-order valence-corrected chi connectivity index (χ0v) is 11.1. The Kier molecular flexibility index (Phi) is 3.34. The molecule has 1 aliphatic rings. The molecule has 1 N–H and O–H groups in total. The van der Waals surface area contributed by atoms with Gasteiger partial charge < -0.3 is 5.11 Å². The summed E-state index contributed by atoms with van der Waals surface area (Å²) in [6.45, 7) is 7.17. The number of carboxylic acids is 1. The lowest BCUT2D eigenvalue weighted by Gasteiger charge is -2.26. The summed E-state index contributed by atoms with van der Waals surface area (Å²) in [5, 5.41) is 9.24. The van der Waals surface area contributed by atoms with Crippen LogP contribution in [0.2, 0.25) is 0 Å². The van der Waals surface area contributed by atoms with Crippen LogP contribution in [0.1, 0.15) is 37.7 Å². The van der Waals surface area contributed by atoms with Crippen LogP contribution in [0.4, 0.5) is 0 Å². The highest BCUT2D eigenvalue weighted by Gasteiger charge is 2.42. The van der Waals surface area contributed by atoms with Gasteiger partial charge in [0.05, 0.1) is 22.8 Å². The molecule has 0 aliphatic carbocycles. The first kappa shape index (κ1) is 13.0. The largest absolute Gasteiger partial charge is 0.481 e. The fourth-order valence-corrected chi connectivity index (χ4v) is 2.50. The highest BCUT2D eigenvalue weighted by molar-refractivity contribution is 5.74. The number of aryl methyl sites for hydroxylation is 1. The Labute approximate surface area is 107 Å². The van der Waals surface area contributed by atoms with Crippen molar-refractivity contribution in [3.8, 4) is 0 Å². The maximum Gasteiger partial charge on any atom is 0.310 e. The van der Waals surface area contributed by atoms with Crippen LogP contribution in [-0.2, 0) is 4.79 Å². The van der Waals surface area contributed by atoms with E-state index in [4.69, 9.17) is 0 Å². The van der Waals surface area contributed by atoms with Gasteiger partial charge in [-0.15, -0.1) is 0 Å². The quantitative estimate of drug-likeness (QED) is 0.882. The van der Waals surface area contributed by atoms with E-state index in [1.165, 1.54) is 0 Å². The molecule has 1 aromatic rings. The monoisotopic (exact) mass is 249 g/mol.